The van der Waals surface area contributed by atoms with E-state index >= 15 is 0 Å². The van der Waals surface area contributed by atoms with Crippen molar-refractivity contribution in [1.82, 2.24) is 9.97 Å². The lowest BCUT2D eigenvalue weighted by Gasteiger charge is -1.93. The highest BCUT2D eigenvalue weighted by Gasteiger charge is 2.09. The molecule has 2 aromatic heterocycles. The van der Waals surface area contributed by atoms with Crippen LogP contribution in [0.1, 0.15) is 43.2 Å². The molecule has 0 bridgehead atoms. The van der Waals surface area contributed by atoms with Gasteiger partial charge in [0.1, 0.15) is 11.0 Å². The van der Waals surface area contributed by atoms with Gasteiger partial charge in [-0.25, -0.2) is 9.97 Å². The average molecular weight is 334 g/mol. The van der Waals surface area contributed by atoms with Crippen LogP contribution in [0.4, 0.5) is 0 Å². The van der Waals surface area contributed by atoms with E-state index in [1.165, 1.54) is 11.1 Å². The van der Waals surface area contributed by atoms with Gasteiger partial charge in [0.2, 0.25) is 0 Å². The van der Waals surface area contributed by atoms with Crippen LogP contribution < -0.4 is 0 Å². The average Bonchev–Trinajstić information content (AvgIpc) is 3.23. The van der Waals surface area contributed by atoms with Crippen LogP contribution in [-0.2, 0) is 25.7 Å². The lowest BCUT2D eigenvalue weighted by atomic mass is 10.1. The number of fused-ring (bicyclic) bond motifs is 2. The molecule has 0 radical (unpaired) electrons. The first-order valence-corrected chi connectivity index (χ1v) is 9.02. The Kier molecular flexibility index (Phi) is 4.26. The van der Waals surface area contributed by atoms with Crippen LogP contribution in [0.15, 0.2) is 45.2 Å². The second kappa shape index (κ2) is 6.71. The summed E-state index contributed by atoms with van der Waals surface area (Å²) in [5.41, 5.74) is 6.18. The zero-order valence-electron chi connectivity index (χ0n) is 14.7. The molecular weight excluding hydrogens is 312 g/mol. The van der Waals surface area contributed by atoms with E-state index in [9.17, 15) is 0 Å². The van der Waals surface area contributed by atoms with Gasteiger partial charge < -0.3 is 8.83 Å². The van der Waals surface area contributed by atoms with Gasteiger partial charge in [-0.3, -0.25) is 0 Å². The molecule has 0 saturated heterocycles. The van der Waals surface area contributed by atoms with Crippen LogP contribution in [0.2, 0.25) is 0 Å². The van der Waals surface area contributed by atoms with Gasteiger partial charge in [0.25, 0.3) is 0 Å². The number of aryl methyl sites for hydroxylation is 4. The van der Waals surface area contributed by atoms with Crippen molar-refractivity contribution in [3.63, 3.8) is 0 Å². The first-order valence-electron chi connectivity index (χ1n) is 9.02. The second-order valence-electron chi connectivity index (χ2n) is 6.38. The van der Waals surface area contributed by atoms with Crippen molar-refractivity contribution in [3.05, 3.63) is 59.3 Å². The molecule has 25 heavy (non-hydrogen) atoms. The Bertz CT molecular complexity index is 931. The Hall–Kier alpha value is -2.62. The quantitative estimate of drug-likeness (QED) is 0.482. The standard InChI is InChI=1S/C21H22N2O2/c1-3-14-8-10-18-16(12-14)22-20(24-18)6-5-7-21-23-17-13-15(4-2)9-11-19(17)25-21/h8-13H,3-7H2,1-2H3. The second-order valence-corrected chi connectivity index (χ2v) is 6.38. The highest BCUT2D eigenvalue weighted by atomic mass is 16.4. The van der Waals surface area contributed by atoms with E-state index in [4.69, 9.17) is 8.83 Å². The number of nitrogens with zero attached hydrogens (tertiary/aromatic N) is 2. The summed E-state index contributed by atoms with van der Waals surface area (Å²) in [6.45, 7) is 4.29. The molecule has 0 N–H and O–H groups in total. The van der Waals surface area contributed by atoms with Gasteiger partial charge in [-0.15, -0.1) is 0 Å². The number of hydrogen-bond acceptors (Lipinski definition) is 4. The third-order valence-corrected chi connectivity index (χ3v) is 4.59. The molecular formula is C21H22N2O2. The molecule has 0 aliphatic carbocycles. The molecule has 0 unspecified atom stereocenters. The Morgan fingerprint density at radius 2 is 1.20 bits per heavy atom. The van der Waals surface area contributed by atoms with Crippen LogP contribution in [0.5, 0.6) is 0 Å². The van der Waals surface area contributed by atoms with Crippen molar-refractivity contribution in [2.75, 3.05) is 0 Å². The van der Waals surface area contributed by atoms with Gasteiger partial charge in [-0.2, -0.15) is 0 Å². The predicted octanol–water partition coefficient (Wildman–Crippen LogP) is 5.27. The summed E-state index contributed by atoms with van der Waals surface area (Å²) in [5, 5.41) is 0. The molecule has 0 fully saturated rings. The highest BCUT2D eigenvalue weighted by Crippen LogP contribution is 2.21. The number of hydrogen-bond donors (Lipinski definition) is 0. The van der Waals surface area contributed by atoms with Crippen LogP contribution in [-0.4, -0.2) is 9.97 Å². The summed E-state index contributed by atoms with van der Waals surface area (Å²) in [6, 6.07) is 12.4. The summed E-state index contributed by atoms with van der Waals surface area (Å²) < 4.78 is 11.7. The molecule has 0 spiro atoms. The maximum absolute atomic E-state index is 5.83. The SMILES string of the molecule is CCc1ccc2oc(CCCc3nc4cc(CC)ccc4o3)nc2c1. The smallest absolute Gasteiger partial charge is 0.195 e. The molecule has 0 amide bonds. The first-order chi connectivity index (χ1) is 12.2. The topological polar surface area (TPSA) is 52.1 Å². The Morgan fingerprint density at radius 3 is 1.64 bits per heavy atom. The van der Waals surface area contributed by atoms with Crippen LogP contribution >= 0.6 is 0 Å². The Balaban J connectivity index is 1.43. The third kappa shape index (κ3) is 3.29. The van der Waals surface area contributed by atoms with Gasteiger partial charge in [0.05, 0.1) is 0 Å². The fourth-order valence-corrected chi connectivity index (χ4v) is 3.09. The Labute approximate surface area is 146 Å². The van der Waals surface area contributed by atoms with Crippen LogP contribution in [0, 0.1) is 0 Å². The fraction of sp³-hybridized carbons (Fsp3) is 0.333. The largest absolute Gasteiger partial charge is 0.441 e. The van der Waals surface area contributed by atoms with Crippen molar-refractivity contribution >= 4 is 22.2 Å². The maximum atomic E-state index is 5.83. The molecule has 4 nitrogen and oxygen atoms in total. The van der Waals surface area contributed by atoms with Gasteiger partial charge in [0, 0.05) is 12.8 Å². The molecule has 2 heterocycles. The van der Waals surface area contributed by atoms with Gasteiger partial charge in [-0.1, -0.05) is 26.0 Å². The summed E-state index contributed by atoms with van der Waals surface area (Å²) in [4.78, 5) is 9.20. The normalized spacial score (nSPS) is 11.6. The minimum atomic E-state index is 0.785. The van der Waals surface area contributed by atoms with E-state index < -0.39 is 0 Å². The van der Waals surface area contributed by atoms with Gasteiger partial charge >= 0.3 is 0 Å². The third-order valence-electron chi connectivity index (χ3n) is 4.59. The number of benzene rings is 2. The number of aromatic nitrogens is 2. The van der Waals surface area contributed by atoms with Crippen LogP contribution in [0.3, 0.4) is 0 Å². The lowest BCUT2D eigenvalue weighted by molar-refractivity contribution is 0.489. The summed E-state index contributed by atoms with van der Waals surface area (Å²) in [6.07, 6.45) is 4.50. The molecule has 0 saturated carbocycles. The molecule has 128 valence electrons. The Morgan fingerprint density at radius 1 is 0.720 bits per heavy atom. The van der Waals surface area contributed by atoms with Gasteiger partial charge in [-0.05, 0) is 54.7 Å². The van der Waals surface area contributed by atoms with Gasteiger partial charge in [0.15, 0.2) is 22.9 Å². The van der Waals surface area contributed by atoms with E-state index in [2.05, 4.69) is 48.1 Å². The van der Waals surface area contributed by atoms with E-state index in [1.54, 1.807) is 0 Å². The van der Waals surface area contributed by atoms with Crippen molar-refractivity contribution in [3.8, 4) is 0 Å². The van der Waals surface area contributed by atoms with E-state index in [1.807, 2.05) is 12.1 Å². The molecule has 4 aromatic rings. The summed E-state index contributed by atoms with van der Waals surface area (Å²) >= 11 is 0. The molecule has 0 aliphatic heterocycles. The van der Waals surface area contributed by atoms with E-state index in [0.29, 0.717) is 0 Å². The number of oxazole rings is 2. The van der Waals surface area contributed by atoms with Crippen LogP contribution in [0.25, 0.3) is 22.2 Å². The zero-order valence-corrected chi connectivity index (χ0v) is 14.7. The fourth-order valence-electron chi connectivity index (χ4n) is 3.09. The molecule has 4 rings (SSSR count). The lowest BCUT2D eigenvalue weighted by Crippen LogP contribution is -1.90. The summed E-state index contributed by atoms with van der Waals surface area (Å²) in [5.74, 6) is 1.57. The monoisotopic (exact) mass is 334 g/mol. The molecule has 0 aliphatic rings. The van der Waals surface area contributed by atoms with Crippen molar-refractivity contribution in [2.45, 2.75) is 46.0 Å². The van der Waals surface area contributed by atoms with E-state index in [-0.39, 0.29) is 0 Å². The molecule has 4 heteroatoms. The zero-order chi connectivity index (χ0) is 17.2. The highest BCUT2D eigenvalue weighted by molar-refractivity contribution is 5.74. The molecule has 0 atom stereocenters. The minimum absolute atomic E-state index is 0.785. The van der Waals surface area contributed by atoms with E-state index in [0.717, 1.165) is 66.1 Å². The maximum Gasteiger partial charge on any atom is 0.195 e. The van der Waals surface area contributed by atoms with Crippen molar-refractivity contribution < 1.29 is 8.83 Å². The van der Waals surface area contributed by atoms with Crippen molar-refractivity contribution in [1.29, 1.82) is 0 Å². The summed E-state index contributed by atoms with van der Waals surface area (Å²) in [7, 11) is 0. The first kappa shape index (κ1) is 15.9. The van der Waals surface area contributed by atoms with Crippen molar-refractivity contribution in [2.24, 2.45) is 0 Å². The predicted molar refractivity (Wildman–Crippen MR) is 98.8 cm³/mol. The minimum Gasteiger partial charge on any atom is -0.441 e. The molecule has 2 aromatic carbocycles. The number of rotatable bonds is 6.